The first-order valence-electron chi connectivity index (χ1n) is 6.49. The summed E-state index contributed by atoms with van der Waals surface area (Å²) in [7, 11) is 0. The van der Waals surface area contributed by atoms with Gasteiger partial charge in [0.2, 0.25) is 0 Å². The SMILES string of the molecule is CCOC(=O)c1cnc(/C(C)=C\c2cc(C#N)cs2)[nH]c1=O. The van der Waals surface area contributed by atoms with Gasteiger partial charge in [-0.2, -0.15) is 5.26 Å². The smallest absolute Gasteiger partial charge is 0.345 e. The van der Waals surface area contributed by atoms with Crippen molar-refractivity contribution < 1.29 is 9.53 Å². The van der Waals surface area contributed by atoms with Crippen LogP contribution in [0.5, 0.6) is 0 Å². The van der Waals surface area contributed by atoms with Crippen molar-refractivity contribution in [2.75, 3.05) is 6.61 Å². The fourth-order valence-corrected chi connectivity index (χ4v) is 2.54. The molecule has 22 heavy (non-hydrogen) atoms. The zero-order valence-electron chi connectivity index (χ0n) is 12.0. The number of carbonyl (C=O) groups is 1. The normalized spacial score (nSPS) is 11.0. The quantitative estimate of drug-likeness (QED) is 0.874. The van der Waals surface area contributed by atoms with Gasteiger partial charge >= 0.3 is 5.97 Å². The summed E-state index contributed by atoms with van der Waals surface area (Å²) < 4.78 is 4.78. The van der Waals surface area contributed by atoms with Crippen LogP contribution in [0.1, 0.15) is 40.5 Å². The van der Waals surface area contributed by atoms with Gasteiger partial charge in [-0.05, 0) is 31.6 Å². The summed E-state index contributed by atoms with van der Waals surface area (Å²) in [6.45, 7) is 3.64. The third-order valence-electron chi connectivity index (χ3n) is 2.78. The molecule has 2 heterocycles. The van der Waals surface area contributed by atoms with Gasteiger partial charge in [0, 0.05) is 16.5 Å². The van der Waals surface area contributed by atoms with E-state index in [0.29, 0.717) is 11.4 Å². The number of carbonyl (C=O) groups excluding carboxylic acids is 1. The van der Waals surface area contributed by atoms with Crippen molar-refractivity contribution in [1.82, 2.24) is 9.97 Å². The molecule has 112 valence electrons. The number of aromatic amines is 1. The van der Waals surface area contributed by atoms with E-state index in [1.165, 1.54) is 17.5 Å². The van der Waals surface area contributed by atoms with E-state index in [-0.39, 0.29) is 12.2 Å². The van der Waals surface area contributed by atoms with Crippen LogP contribution < -0.4 is 5.56 Å². The highest BCUT2D eigenvalue weighted by atomic mass is 32.1. The highest BCUT2D eigenvalue weighted by Gasteiger charge is 2.13. The van der Waals surface area contributed by atoms with Crippen molar-refractivity contribution in [3.63, 3.8) is 0 Å². The fourth-order valence-electron chi connectivity index (χ4n) is 1.72. The molecule has 6 nitrogen and oxygen atoms in total. The lowest BCUT2D eigenvalue weighted by atomic mass is 10.2. The molecule has 0 saturated heterocycles. The number of aromatic nitrogens is 2. The third-order valence-corrected chi connectivity index (χ3v) is 3.66. The van der Waals surface area contributed by atoms with E-state index in [1.807, 2.05) is 6.08 Å². The van der Waals surface area contributed by atoms with E-state index in [0.717, 1.165) is 10.5 Å². The summed E-state index contributed by atoms with van der Waals surface area (Å²) in [5.41, 5.74) is 0.642. The summed E-state index contributed by atoms with van der Waals surface area (Å²) in [5.74, 6) is -0.327. The zero-order chi connectivity index (χ0) is 16.1. The van der Waals surface area contributed by atoms with Gasteiger partial charge in [0.15, 0.2) is 0 Å². The Morgan fingerprint density at radius 2 is 2.36 bits per heavy atom. The Labute approximate surface area is 130 Å². The molecule has 0 bridgehead atoms. The summed E-state index contributed by atoms with van der Waals surface area (Å²) in [4.78, 5) is 31.0. The molecular formula is C15H13N3O3S. The Morgan fingerprint density at radius 3 is 2.95 bits per heavy atom. The van der Waals surface area contributed by atoms with Gasteiger partial charge in [-0.3, -0.25) is 4.79 Å². The number of ether oxygens (including phenoxy) is 1. The van der Waals surface area contributed by atoms with Crippen molar-refractivity contribution in [2.45, 2.75) is 13.8 Å². The number of H-pyrrole nitrogens is 1. The monoisotopic (exact) mass is 315 g/mol. The van der Waals surface area contributed by atoms with Crippen LogP contribution >= 0.6 is 11.3 Å². The van der Waals surface area contributed by atoms with Gasteiger partial charge in [-0.25, -0.2) is 9.78 Å². The molecule has 0 aliphatic heterocycles. The highest BCUT2D eigenvalue weighted by molar-refractivity contribution is 7.11. The average molecular weight is 315 g/mol. The molecule has 7 heteroatoms. The molecule has 1 N–H and O–H groups in total. The van der Waals surface area contributed by atoms with E-state index in [1.54, 1.807) is 25.3 Å². The second-order valence-corrected chi connectivity index (χ2v) is 5.31. The fraction of sp³-hybridized carbons (Fsp3) is 0.200. The molecule has 2 aromatic heterocycles. The van der Waals surface area contributed by atoms with E-state index >= 15 is 0 Å². The highest BCUT2D eigenvalue weighted by Crippen LogP contribution is 2.20. The minimum Gasteiger partial charge on any atom is -0.462 e. The van der Waals surface area contributed by atoms with Crippen LogP contribution in [0.15, 0.2) is 22.4 Å². The first kappa shape index (κ1) is 15.7. The van der Waals surface area contributed by atoms with Crippen molar-refractivity contribution in [1.29, 1.82) is 5.26 Å². The topological polar surface area (TPSA) is 95.8 Å². The lowest BCUT2D eigenvalue weighted by Crippen LogP contribution is -2.21. The number of allylic oxidation sites excluding steroid dienone is 1. The summed E-state index contributed by atoms with van der Waals surface area (Å²) in [6.07, 6.45) is 3.02. The zero-order valence-corrected chi connectivity index (χ0v) is 12.9. The Bertz CT molecular complexity index is 827. The van der Waals surface area contributed by atoms with Crippen LogP contribution in [0.2, 0.25) is 0 Å². The molecular weight excluding hydrogens is 302 g/mol. The molecule has 0 amide bonds. The number of nitriles is 1. The number of hydrogen-bond donors (Lipinski definition) is 1. The van der Waals surface area contributed by atoms with Crippen molar-refractivity contribution in [3.8, 4) is 6.07 Å². The van der Waals surface area contributed by atoms with Crippen LogP contribution in [-0.4, -0.2) is 22.5 Å². The Hall–Kier alpha value is -2.72. The number of nitrogens with zero attached hydrogens (tertiary/aromatic N) is 2. The number of nitrogens with one attached hydrogen (secondary N) is 1. The number of rotatable bonds is 4. The molecule has 0 aliphatic carbocycles. The first-order valence-corrected chi connectivity index (χ1v) is 7.37. The standard InChI is InChI=1S/C15H13N3O3S/c1-3-21-15(20)12-7-17-13(18-14(12)19)9(2)4-11-5-10(6-16)8-22-11/h4-5,7-8H,3H2,1-2H3,(H,17,18,19)/b9-4-. The third kappa shape index (κ3) is 3.48. The molecule has 0 radical (unpaired) electrons. The number of esters is 1. The largest absolute Gasteiger partial charge is 0.462 e. The predicted molar refractivity (Wildman–Crippen MR) is 83.4 cm³/mol. The van der Waals surface area contributed by atoms with Crippen LogP contribution in [0.25, 0.3) is 11.6 Å². The summed E-state index contributed by atoms with van der Waals surface area (Å²) in [6, 6.07) is 3.81. The predicted octanol–water partition coefficient (Wildman–Crippen LogP) is 2.44. The van der Waals surface area contributed by atoms with Crippen LogP contribution in [-0.2, 0) is 4.74 Å². The van der Waals surface area contributed by atoms with E-state index in [4.69, 9.17) is 10.00 Å². The maximum absolute atomic E-state index is 11.9. The Morgan fingerprint density at radius 1 is 1.59 bits per heavy atom. The molecule has 0 saturated carbocycles. The number of hydrogen-bond acceptors (Lipinski definition) is 6. The lowest BCUT2D eigenvalue weighted by Gasteiger charge is -2.03. The number of thiophene rings is 1. The van der Waals surface area contributed by atoms with Gasteiger partial charge in [0.25, 0.3) is 5.56 Å². The Balaban J connectivity index is 2.29. The van der Waals surface area contributed by atoms with E-state index in [2.05, 4.69) is 16.0 Å². The average Bonchev–Trinajstić information content (AvgIpc) is 2.94. The van der Waals surface area contributed by atoms with Crippen LogP contribution in [0.4, 0.5) is 0 Å². The van der Waals surface area contributed by atoms with Crippen LogP contribution in [0.3, 0.4) is 0 Å². The van der Waals surface area contributed by atoms with E-state index < -0.39 is 11.5 Å². The minimum absolute atomic E-state index is 0.124. The maximum Gasteiger partial charge on any atom is 0.345 e. The Kier molecular flexibility index (Phi) is 4.86. The second kappa shape index (κ2) is 6.83. The molecule has 2 rings (SSSR count). The molecule has 0 spiro atoms. The summed E-state index contributed by atoms with van der Waals surface area (Å²) >= 11 is 1.42. The van der Waals surface area contributed by atoms with Crippen molar-refractivity contribution in [3.05, 3.63) is 49.8 Å². The first-order chi connectivity index (χ1) is 10.5. The molecule has 0 aromatic carbocycles. The van der Waals surface area contributed by atoms with Gasteiger partial charge in [0.05, 0.1) is 12.2 Å². The molecule has 0 atom stereocenters. The minimum atomic E-state index is -0.693. The van der Waals surface area contributed by atoms with Gasteiger partial charge in [-0.1, -0.05) is 0 Å². The van der Waals surface area contributed by atoms with Gasteiger partial charge in [-0.15, -0.1) is 11.3 Å². The van der Waals surface area contributed by atoms with Gasteiger partial charge in [0.1, 0.15) is 17.5 Å². The molecule has 0 aliphatic rings. The van der Waals surface area contributed by atoms with Gasteiger partial charge < -0.3 is 9.72 Å². The maximum atomic E-state index is 11.9. The second-order valence-electron chi connectivity index (χ2n) is 4.37. The molecule has 0 unspecified atom stereocenters. The van der Waals surface area contributed by atoms with Crippen molar-refractivity contribution in [2.24, 2.45) is 0 Å². The van der Waals surface area contributed by atoms with Crippen molar-refractivity contribution >= 4 is 29.0 Å². The summed E-state index contributed by atoms with van der Waals surface area (Å²) in [5, 5.41) is 10.5. The molecule has 2 aromatic rings. The van der Waals surface area contributed by atoms with E-state index in [9.17, 15) is 9.59 Å². The molecule has 0 fully saturated rings. The lowest BCUT2D eigenvalue weighted by molar-refractivity contribution is 0.0523. The van der Waals surface area contributed by atoms with Crippen LogP contribution in [0, 0.1) is 11.3 Å².